The molecule has 0 bridgehead atoms. The van der Waals surface area contributed by atoms with Crippen molar-refractivity contribution in [2.45, 2.75) is 6.04 Å². The molecule has 2 heterocycles. The van der Waals surface area contributed by atoms with Crippen molar-refractivity contribution in [2.24, 2.45) is 5.73 Å². The molecule has 0 saturated heterocycles. The zero-order chi connectivity index (χ0) is 10.1. The van der Waals surface area contributed by atoms with Gasteiger partial charge < -0.3 is 15.2 Å². The summed E-state index contributed by atoms with van der Waals surface area (Å²) in [6, 6.07) is 2.44. The minimum absolute atomic E-state index is 0.597. The standard InChI is InChI=1S/C9H9N3O2/c10-8(9(13)14)6-2-4-12-5-11-3-1-7(6)12/h1-5,8H,10H2,(H,13,14). The predicted octanol–water partition coefficient (Wildman–Crippen LogP) is 0.419. The summed E-state index contributed by atoms with van der Waals surface area (Å²) in [5.41, 5.74) is 6.89. The molecule has 5 heteroatoms. The summed E-state index contributed by atoms with van der Waals surface area (Å²) in [5, 5.41) is 8.76. The van der Waals surface area contributed by atoms with Gasteiger partial charge in [0.05, 0.1) is 11.8 Å². The van der Waals surface area contributed by atoms with Gasteiger partial charge in [0.2, 0.25) is 0 Å². The highest BCUT2D eigenvalue weighted by molar-refractivity contribution is 5.79. The molecule has 0 saturated carbocycles. The number of carbonyl (C=O) groups is 1. The van der Waals surface area contributed by atoms with E-state index >= 15 is 0 Å². The molecular weight excluding hydrogens is 182 g/mol. The van der Waals surface area contributed by atoms with E-state index in [0.717, 1.165) is 5.52 Å². The van der Waals surface area contributed by atoms with Crippen LogP contribution in [0.3, 0.4) is 0 Å². The molecule has 1 atom stereocenters. The van der Waals surface area contributed by atoms with Crippen LogP contribution in [-0.4, -0.2) is 20.5 Å². The van der Waals surface area contributed by atoms with Crippen molar-refractivity contribution < 1.29 is 9.90 Å². The van der Waals surface area contributed by atoms with Crippen molar-refractivity contribution in [1.82, 2.24) is 9.38 Å². The van der Waals surface area contributed by atoms with Crippen molar-refractivity contribution in [3.8, 4) is 0 Å². The Hall–Kier alpha value is -1.88. The maximum atomic E-state index is 10.7. The van der Waals surface area contributed by atoms with Gasteiger partial charge in [0, 0.05) is 18.0 Å². The van der Waals surface area contributed by atoms with Crippen molar-refractivity contribution in [2.75, 3.05) is 0 Å². The zero-order valence-electron chi connectivity index (χ0n) is 7.29. The van der Waals surface area contributed by atoms with Gasteiger partial charge in [-0.05, 0) is 12.1 Å². The van der Waals surface area contributed by atoms with Crippen molar-refractivity contribution in [3.63, 3.8) is 0 Å². The van der Waals surface area contributed by atoms with Crippen LogP contribution in [0, 0.1) is 0 Å². The first kappa shape index (κ1) is 8.71. The molecule has 0 aliphatic rings. The molecule has 14 heavy (non-hydrogen) atoms. The quantitative estimate of drug-likeness (QED) is 0.720. The van der Waals surface area contributed by atoms with E-state index in [1.165, 1.54) is 0 Å². The van der Waals surface area contributed by atoms with E-state index in [4.69, 9.17) is 10.8 Å². The SMILES string of the molecule is NC(C(=O)O)c1ccn2cnccc12. The fraction of sp³-hybridized carbons (Fsp3) is 0.111. The van der Waals surface area contributed by atoms with Gasteiger partial charge in [0.15, 0.2) is 0 Å². The Labute approximate surface area is 79.8 Å². The Kier molecular flexibility index (Phi) is 1.94. The topological polar surface area (TPSA) is 80.6 Å². The fourth-order valence-corrected chi connectivity index (χ4v) is 1.38. The number of rotatable bonds is 2. The summed E-state index contributed by atoms with van der Waals surface area (Å²) >= 11 is 0. The lowest BCUT2D eigenvalue weighted by Gasteiger charge is -2.04. The molecule has 2 rings (SSSR count). The molecule has 0 radical (unpaired) electrons. The number of carboxylic acid groups (broad SMARTS) is 1. The van der Waals surface area contributed by atoms with Crippen LogP contribution in [0.2, 0.25) is 0 Å². The van der Waals surface area contributed by atoms with Gasteiger partial charge in [-0.3, -0.25) is 4.79 Å². The first-order chi connectivity index (χ1) is 6.70. The van der Waals surface area contributed by atoms with Crippen LogP contribution in [-0.2, 0) is 4.79 Å². The molecule has 0 aliphatic carbocycles. The van der Waals surface area contributed by atoms with Crippen LogP contribution < -0.4 is 5.73 Å². The second-order valence-corrected chi connectivity index (χ2v) is 2.96. The first-order valence-corrected chi connectivity index (χ1v) is 4.09. The van der Waals surface area contributed by atoms with E-state index in [9.17, 15) is 4.79 Å². The molecular formula is C9H9N3O2. The van der Waals surface area contributed by atoms with E-state index in [-0.39, 0.29) is 0 Å². The number of nitrogens with zero attached hydrogens (tertiary/aromatic N) is 2. The number of carboxylic acids is 1. The monoisotopic (exact) mass is 191 g/mol. The summed E-state index contributed by atoms with van der Waals surface area (Å²) in [6.07, 6.45) is 4.95. The molecule has 2 aromatic rings. The summed E-state index contributed by atoms with van der Waals surface area (Å²) in [6.45, 7) is 0. The Morgan fingerprint density at radius 2 is 2.36 bits per heavy atom. The Morgan fingerprint density at radius 1 is 1.57 bits per heavy atom. The smallest absolute Gasteiger partial charge is 0.325 e. The van der Waals surface area contributed by atoms with Crippen LogP contribution >= 0.6 is 0 Å². The molecule has 0 spiro atoms. The summed E-state index contributed by atoms with van der Waals surface area (Å²) in [7, 11) is 0. The van der Waals surface area contributed by atoms with Crippen LogP contribution in [0.25, 0.3) is 5.52 Å². The van der Waals surface area contributed by atoms with E-state index < -0.39 is 12.0 Å². The molecule has 0 fully saturated rings. The lowest BCUT2D eigenvalue weighted by Crippen LogP contribution is -2.20. The zero-order valence-corrected chi connectivity index (χ0v) is 7.29. The minimum atomic E-state index is -1.03. The number of fused-ring (bicyclic) bond motifs is 1. The van der Waals surface area contributed by atoms with Gasteiger partial charge in [-0.15, -0.1) is 0 Å². The molecule has 5 nitrogen and oxygen atoms in total. The van der Waals surface area contributed by atoms with Gasteiger partial charge in [-0.1, -0.05) is 0 Å². The number of hydrogen-bond acceptors (Lipinski definition) is 3. The third kappa shape index (κ3) is 1.23. The van der Waals surface area contributed by atoms with Crippen molar-refractivity contribution in [3.05, 3.63) is 36.4 Å². The molecule has 3 N–H and O–H groups in total. The van der Waals surface area contributed by atoms with Gasteiger partial charge in [-0.25, -0.2) is 4.98 Å². The van der Waals surface area contributed by atoms with E-state index in [1.807, 2.05) is 0 Å². The largest absolute Gasteiger partial charge is 0.480 e. The molecule has 2 aromatic heterocycles. The Bertz CT molecular complexity index is 478. The molecule has 1 unspecified atom stereocenters. The van der Waals surface area contributed by atoms with Crippen LogP contribution in [0.4, 0.5) is 0 Å². The van der Waals surface area contributed by atoms with E-state index in [0.29, 0.717) is 5.56 Å². The summed E-state index contributed by atoms with van der Waals surface area (Å²) in [4.78, 5) is 14.6. The highest BCUT2D eigenvalue weighted by Gasteiger charge is 2.17. The number of aliphatic carboxylic acids is 1. The lowest BCUT2D eigenvalue weighted by atomic mass is 10.1. The van der Waals surface area contributed by atoms with Gasteiger partial charge in [0.25, 0.3) is 0 Å². The Morgan fingerprint density at radius 3 is 3.07 bits per heavy atom. The molecule has 0 aliphatic heterocycles. The van der Waals surface area contributed by atoms with Crippen molar-refractivity contribution in [1.29, 1.82) is 0 Å². The number of aromatic nitrogens is 2. The maximum Gasteiger partial charge on any atom is 0.325 e. The average molecular weight is 191 g/mol. The number of hydrogen-bond donors (Lipinski definition) is 2. The van der Waals surface area contributed by atoms with Crippen LogP contribution in [0.15, 0.2) is 30.9 Å². The summed E-state index contributed by atoms with van der Waals surface area (Å²) < 4.78 is 1.73. The predicted molar refractivity (Wildman–Crippen MR) is 49.8 cm³/mol. The van der Waals surface area contributed by atoms with E-state index in [1.54, 1.807) is 35.3 Å². The highest BCUT2D eigenvalue weighted by Crippen LogP contribution is 2.17. The Balaban J connectivity index is 2.58. The van der Waals surface area contributed by atoms with Crippen molar-refractivity contribution >= 4 is 11.5 Å². The maximum absolute atomic E-state index is 10.7. The second-order valence-electron chi connectivity index (χ2n) is 2.96. The van der Waals surface area contributed by atoms with Crippen LogP contribution in [0.5, 0.6) is 0 Å². The average Bonchev–Trinajstić information content (AvgIpc) is 2.60. The van der Waals surface area contributed by atoms with Gasteiger partial charge in [0.1, 0.15) is 6.04 Å². The molecule has 0 amide bonds. The normalized spacial score (nSPS) is 12.9. The fourth-order valence-electron chi connectivity index (χ4n) is 1.38. The third-order valence-corrected chi connectivity index (χ3v) is 2.10. The van der Waals surface area contributed by atoms with E-state index in [2.05, 4.69) is 4.98 Å². The van der Waals surface area contributed by atoms with Crippen LogP contribution in [0.1, 0.15) is 11.6 Å². The third-order valence-electron chi connectivity index (χ3n) is 2.10. The van der Waals surface area contributed by atoms with Gasteiger partial charge in [-0.2, -0.15) is 0 Å². The number of nitrogens with two attached hydrogens (primary N) is 1. The first-order valence-electron chi connectivity index (χ1n) is 4.09. The molecule has 0 aromatic carbocycles. The molecule has 72 valence electrons. The lowest BCUT2D eigenvalue weighted by molar-refractivity contribution is -0.138. The minimum Gasteiger partial charge on any atom is -0.480 e. The highest BCUT2D eigenvalue weighted by atomic mass is 16.4. The summed E-state index contributed by atoms with van der Waals surface area (Å²) in [5.74, 6) is -1.03. The van der Waals surface area contributed by atoms with Gasteiger partial charge >= 0.3 is 5.97 Å². The second kappa shape index (κ2) is 3.12.